The standard InChI is InChI=1S/C14H20ClN3O2/c1-14(2)10(6-11(14)20-3)18-12-8(13(17)19)4-7(16)5-9(12)15/h4-5,10-11,18H,6,16H2,1-3H3,(H2,17,19). The summed E-state index contributed by atoms with van der Waals surface area (Å²) in [6, 6.07) is 3.30. The lowest BCUT2D eigenvalue weighted by molar-refractivity contribution is -0.0794. The van der Waals surface area contributed by atoms with Gasteiger partial charge in [0, 0.05) is 24.3 Å². The van der Waals surface area contributed by atoms with Gasteiger partial charge < -0.3 is 21.5 Å². The molecule has 1 aliphatic carbocycles. The van der Waals surface area contributed by atoms with Crippen LogP contribution in [0.4, 0.5) is 11.4 Å². The zero-order valence-electron chi connectivity index (χ0n) is 11.9. The van der Waals surface area contributed by atoms with E-state index in [1.165, 1.54) is 6.07 Å². The van der Waals surface area contributed by atoms with Gasteiger partial charge >= 0.3 is 0 Å². The fourth-order valence-corrected chi connectivity index (χ4v) is 2.96. The molecule has 20 heavy (non-hydrogen) atoms. The molecule has 0 heterocycles. The third kappa shape index (κ3) is 2.43. The Morgan fingerprint density at radius 2 is 2.15 bits per heavy atom. The smallest absolute Gasteiger partial charge is 0.250 e. The molecular formula is C14H20ClN3O2. The predicted octanol–water partition coefficient (Wildman–Crippen LogP) is 2.25. The minimum atomic E-state index is -0.554. The first kappa shape index (κ1) is 14.9. The van der Waals surface area contributed by atoms with Gasteiger partial charge in [0.2, 0.25) is 0 Å². The highest BCUT2D eigenvalue weighted by atomic mass is 35.5. The second kappa shape index (κ2) is 5.14. The molecule has 0 aliphatic heterocycles. The molecule has 1 amide bonds. The molecule has 2 rings (SSSR count). The number of nitrogens with one attached hydrogen (secondary N) is 1. The molecule has 110 valence electrons. The van der Waals surface area contributed by atoms with Gasteiger partial charge in [-0.15, -0.1) is 0 Å². The highest BCUT2D eigenvalue weighted by Crippen LogP contribution is 2.45. The molecule has 6 heteroatoms. The number of amides is 1. The first-order chi connectivity index (χ1) is 9.27. The number of methoxy groups -OCH3 is 1. The van der Waals surface area contributed by atoms with Crippen LogP contribution in [0.15, 0.2) is 12.1 Å². The quantitative estimate of drug-likeness (QED) is 0.743. The van der Waals surface area contributed by atoms with Crippen molar-refractivity contribution in [2.24, 2.45) is 11.1 Å². The third-order valence-electron chi connectivity index (χ3n) is 4.16. The maximum atomic E-state index is 11.5. The van der Waals surface area contributed by atoms with Crippen LogP contribution in [0.2, 0.25) is 5.02 Å². The Hall–Kier alpha value is -1.46. The summed E-state index contributed by atoms with van der Waals surface area (Å²) in [5, 5.41) is 3.71. The average molecular weight is 298 g/mol. The van der Waals surface area contributed by atoms with Gasteiger partial charge in [0.15, 0.2) is 0 Å². The highest BCUT2D eigenvalue weighted by molar-refractivity contribution is 6.34. The van der Waals surface area contributed by atoms with E-state index in [4.69, 9.17) is 27.8 Å². The minimum Gasteiger partial charge on any atom is -0.399 e. The van der Waals surface area contributed by atoms with Crippen LogP contribution >= 0.6 is 11.6 Å². The van der Waals surface area contributed by atoms with Crippen LogP contribution in [0.3, 0.4) is 0 Å². The van der Waals surface area contributed by atoms with E-state index in [1.54, 1.807) is 13.2 Å². The number of hydrogen-bond donors (Lipinski definition) is 3. The molecule has 0 radical (unpaired) electrons. The number of ether oxygens (including phenoxy) is 1. The second-order valence-electron chi connectivity index (χ2n) is 5.77. The molecule has 5 N–H and O–H groups in total. The van der Waals surface area contributed by atoms with E-state index in [0.29, 0.717) is 22.0 Å². The minimum absolute atomic E-state index is 0.0472. The van der Waals surface area contributed by atoms with Crippen molar-refractivity contribution in [3.05, 3.63) is 22.7 Å². The first-order valence-corrected chi connectivity index (χ1v) is 6.83. The Labute approximate surface area is 123 Å². The molecule has 1 aliphatic rings. The number of hydrogen-bond acceptors (Lipinski definition) is 4. The summed E-state index contributed by atoms with van der Waals surface area (Å²) in [4.78, 5) is 11.5. The molecule has 5 nitrogen and oxygen atoms in total. The van der Waals surface area contributed by atoms with Crippen LogP contribution in [0.5, 0.6) is 0 Å². The lowest BCUT2D eigenvalue weighted by Gasteiger charge is -2.51. The number of carbonyl (C=O) groups excluding carboxylic acids is 1. The van der Waals surface area contributed by atoms with Crippen LogP contribution in [-0.4, -0.2) is 25.2 Å². The lowest BCUT2D eigenvalue weighted by Crippen LogP contribution is -2.57. The van der Waals surface area contributed by atoms with E-state index in [9.17, 15) is 4.79 Å². The van der Waals surface area contributed by atoms with Crippen molar-refractivity contribution in [2.45, 2.75) is 32.4 Å². The van der Waals surface area contributed by atoms with Crippen molar-refractivity contribution in [2.75, 3.05) is 18.2 Å². The lowest BCUT2D eigenvalue weighted by atomic mass is 9.64. The van der Waals surface area contributed by atoms with E-state index >= 15 is 0 Å². The van der Waals surface area contributed by atoms with Crippen molar-refractivity contribution >= 4 is 28.9 Å². The van der Waals surface area contributed by atoms with Crippen molar-refractivity contribution in [1.82, 2.24) is 0 Å². The summed E-state index contributed by atoms with van der Waals surface area (Å²) in [6.07, 6.45) is 1.03. The monoisotopic (exact) mass is 297 g/mol. The third-order valence-corrected chi connectivity index (χ3v) is 4.46. The van der Waals surface area contributed by atoms with Gasteiger partial charge in [0.05, 0.1) is 22.4 Å². The molecule has 0 spiro atoms. The number of nitrogen functional groups attached to an aromatic ring is 1. The number of nitrogens with two attached hydrogens (primary N) is 2. The number of primary amides is 1. The largest absolute Gasteiger partial charge is 0.399 e. The van der Waals surface area contributed by atoms with Crippen LogP contribution < -0.4 is 16.8 Å². The summed E-state index contributed by atoms with van der Waals surface area (Å²) < 4.78 is 5.41. The molecule has 1 aromatic carbocycles. The summed E-state index contributed by atoms with van der Waals surface area (Å²) in [6.45, 7) is 4.22. The molecule has 1 saturated carbocycles. The number of anilines is 2. The molecule has 1 aromatic rings. The number of benzene rings is 1. The molecule has 1 fully saturated rings. The Balaban J connectivity index is 2.29. The van der Waals surface area contributed by atoms with E-state index in [0.717, 1.165) is 6.42 Å². The summed E-state index contributed by atoms with van der Waals surface area (Å²) in [7, 11) is 1.70. The molecule has 0 saturated heterocycles. The fraction of sp³-hybridized carbons (Fsp3) is 0.500. The maximum Gasteiger partial charge on any atom is 0.250 e. The number of rotatable bonds is 4. The Kier molecular flexibility index (Phi) is 3.84. The van der Waals surface area contributed by atoms with E-state index in [1.807, 2.05) is 0 Å². The van der Waals surface area contributed by atoms with Crippen molar-refractivity contribution in [3.63, 3.8) is 0 Å². The van der Waals surface area contributed by atoms with Gasteiger partial charge in [-0.05, 0) is 18.6 Å². The zero-order chi connectivity index (χ0) is 15.1. The Bertz CT molecular complexity index is 545. The normalized spacial score (nSPS) is 24.0. The number of halogens is 1. The van der Waals surface area contributed by atoms with E-state index < -0.39 is 5.91 Å². The maximum absolute atomic E-state index is 11.5. The van der Waals surface area contributed by atoms with Gasteiger partial charge in [0.1, 0.15) is 0 Å². The summed E-state index contributed by atoms with van der Waals surface area (Å²) in [5.41, 5.74) is 12.3. The molecule has 2 unspecified atom stereocenters. The molecule has 0 aromatic heterocycles. The van der Waals surface area contributed by atoms with Gasteiger partial charge in [0.25, 0.3) is 5.91 Å². The molecule has 0 bridgehead atoms. The predicted molar refractivity (Wildman–Crippen MR) is 81.0 cm³/mol. The topological polar surface area (TPSA) is 90.4 Å². The fourth-order valence-electron chi connectivity index (χ4n) is 2.67. The average Bonchev–Trinajstić information content (AvgIpc) is 2.34. The van der Waals surface area contributed by atoms with Crippen LogP contribution in [0, 0.1) is 5.41 Å². The van der Waals surface area contributed by atoms with Gasteiger partial charge in [-0.3, -0.25) is 4.79 Å². The van der Waals surface area contributed by atoms with Crippen LogP contribution in [-0.2, 0) is 4.74 Å². The van der Waals surface area contributed by atoms with Crippen molar-refractivity contribution in [1.29, 1.82) is 0 Å². The van der Waals surface area contributed by atoms with Crippen molar-refractivity contribution < 1.29 is 9.53 Å². The number of carbonyl (C=O) groups is 1. The second-order valence-corrected chi connectivity index (χ2v) is 6.18. The van der Waals surface area contributed by atoms with Crippen molar-refractivity contribution in [3.8, 4) is 0 Å². The summed E-state index contributed by atoms with van der Waals surface area (Å²) in [5.74, 6) is -0.554. The van der Waals surface area contributed by atoms with Crippen LogP contribution in [0.1, 0.15) is 30.6 Å². The van der Waals surface area contributed by atoms with Crippen LogP contribution in [0.25, 0.3) is 0 Å². The first-order valence-electron chi connectivity index (χ1n) is 6.45. The van der Waals surface area contributed by atoms with Gasteiger partial charge in [-0.25, -0.2) is 0 Å². The molecular weight excluding hydrogens is 278 g/mol. The van der Waals surface area contributed by atoms with E-state index in [-0.39, 0.29) is 17.6 Å². The highest BCUT2D eigenvalue weighted by Gasteiger charge is 2.48. The van der Waals surface area contributed by atoms with Gasteiger partial charge in [-0.1, -0.05) is 25.4 Å². The van der Waals surface area contributed by atoms with Gasteiger partial charge in [-0.2, -0.15) is 0 Å². The Morgan fingerprint density at radius 1 is 1.50 bits per heavy atom. The zero-order valence-corrected chi connectivity index (χ0v) is 12.6. The SMILES string of the molecule is COC1CC(Nc2c(Cl)cc(N)cc2C(N)=O)C1(C)C. The molecule has 2 atom stereocenters. The Morgan fingerprint density at radius 3 is 2.65 bits per heavy atom. The summed E-state index contributed by atoms with van der Waals surface area (Å²) >= 11 is 6.19. The van der Waals surface area contributed by atoms with E-state index in [2.05, 4.69) is 19.2 Å².